The van der Waals surface area contributed by atoms with E-state index < -0.39 is 10.0 Å². The van der Waals surface area contributed by atoms with Gasteiger partial charge in [0.2, 0.25) is 10.0 Å². The van der Waals surface area contributed by atoms with Gasteiger partial charge < -0.3 is 10.2 Å². The maximum absolute atomic E-state index is 13.5. The Labute approximate surface area is 231 Å². The summed E-state index contributed by atoms with van der Waals surface area (Å²) < 4.78 is 27.9. The first-order valence-corrected chi connectivity index (χ1v) is 16.0. The van der Waals surface area contributed by atoms with E-state index in [4.69, 9.17) is 0 Å². The van der Waals surface area contributed by atoms with Gasteiger partial charge in [-0.2, -0.15) is 4.31 Å². The van der Waals surface area contributed by atoms with Crippen molar-refractivity contribution in [3.63, 3.8) is 0 Å². The van der Waals surface area contributed by atoms with Crippen LogP contribution in [0.15, 0.2) is 29.2 Å². The molecule has 2 aromatic rings. The van der Waals surface area contributed by atoms with Crippen LogP contribution >= 0.6 is 11.3 Å². The Morgan fingerprint density at radius 1 is 1.05 bits per heavy atom. The van der Waals surface area contributed by atoms with Crippen LogP contribution in [0, 0.1) is 0 Å². The Hall–Kier alpha value is -2.27. The van der Waals surface area contributed by atoms with Gasteiger partial charge in [0.05, 0.1) is 10.5 Å². The van der Waals surface area contributed by atoms with Crippen LogP contribution in [-0.4, -0.2) is 73.6 Å². The van der Waals surface area contributed by atoms with Crippen molar-refractivity contribution < 1.29 is 18.0 Å². The molecule has 0 spiro atoms. The van der Waals surface area contributed by atoms with Crippen molar-refractivity contribution in [3.8, 4) is 0 Å². The van der Waals surface area contributed by atoms with Crippen LogP contribution in [0.2, 0.25) is 0 Å². The zero-order chi connectivity index (χ0) is 27.4. The molecule has 8 nitrogen and oxygen atoms in total. The molecule has 10 heteroatoms. The lowest BCUT2D eigenvalue weighted by atomic mass is 9.96. The average Bonchev–Trinajstić information content (AvgIpc) is 3.30. The van der Waals surface area contributed by atoms with Gasteiger partial charge in [-0.15, -0.1) is 11.3 Å². The summed E-state index contributed by atoms with van der Waals surface area (Å²) in [6.07, 6.45) is 5.78. The normalized spacial score (nSPS) is 16.9. The average molecular weight is 561 g/mol. The summed E-state index contributed by atoms with van der Waals surface area (Å²) in [7, 11) is -1.98. The lowest BCUT2D eigenvalue weighted by molar-refractivity contribution is 0.0772. The van der Waals surface area contributed by atoms with E-state index in [0.29, 0.717) is 29.2 Å². The predicted octanol–water partition coefficient (Wildman–Crippen LogP) is 4.81. The van der Waals surface area contributed by atoms with Gasteiger partial charge in [0, 0.05) is 49.7 Å². The Bertz CT molecular complexity index is 1250. The first-order chi connectivity index (χ1) is 18.2. The van der Waals surface area contributed by atoms with Crippen molar-refractivity contribution in [2.24, 2.45) is 0 Å². The molecule has 208 valence electrons. The zero-order valence-electron chi connectivity index (χ0n) is 23.0. The van der Waals surface area contributed by atoms with E-state index in [9.17, 15) is 18.0 Å². The maximum atomic E-state index is 13.5. The molecule has 0 radical (unpaired) electrons. The minimum atomic E-state index is -3.63. The van der Waals surface area contributed by atoms with Crippen molar-refractivity contribution in [3.05, 3.63) is 45.8 Å². The number of benzene rings is 1. The molecule has 1 aromatic heterocycles. The number of hydrogen-bond donors (Lipinski definition) is 1. The smallest absolute Gasteiger partial charge is 0.257 e. The summed E-state index contributed by atoms with van der Waals surface area (Å²) in [5.41, 5.74) is 2.00. The molecule has 1 fully saturated rings. The third-order valence-corrected chi connectivity index (χ3v) is 11.0. The van der Waals surface area contributed by atoms with Crippen LogP contribution in [0.4, 0.5) is 5.00 Å². The largest absolute Gasteiger partial charge is 0.339 e. The molecule has 1 aliphatic heterocycles. The van der Waals surface area contributed by atoms with Crippen LogP contribution in [0.5, 0.6) is 0 Å². The van der Waals surface area contributed by atoms with E-state index in [0.717, 1.165) is 68.6 Å². The van der Waals surface area contributed by atoms with Gasteiger partial charge in [-0.3, -0.25) is 14.5 Å². The van der Waals surface area contributed by atoms with Crippen molar-refractivity contribution in [2.75, 3.05) is 38.5 Å². The Kier molecular flexibility index (Phi) is 9.28. The fourth-order valence-corrected chi connectivity index (χ4v) is 8.16. The molecule has 1 N–H and O–H groups in total. The molecular formula is C28H40N4O4S2. The number of nitrogens with one attached hydrogen (secondary N) is 1. The highest BCUT2D eigenvalue weighted by molar-refractivity contribution is 7.89. The van der Waals surface area contributed by atoms with Gasteiger partial charge in [-0.1, -0.05) is 26.2 Å². The molecule has 0 unspecified atom stereocenters. The van der Waals surface area contributed by atoms with Gasteiger partial charge in [-0.25, -0.2) is 8.42 Å². The fraction of sp³-hybridized carbons (Fsp3) is 0.571. The van der Waals surface area contributed by atoms with Gasteiger partial charge in [0.15, 0.2) is 0 Å². The van der Waals surface area contributed by atoms with Crippen LogP contribution in [-0.2, 0) is 23.0 Å². The van der Waals surface area contributed by atoms with Crippen molar-refractivity contribution >= 4 is 38.2 Å². The quantitative estimate of drug-likeness (QED) is 0.475. The lowest BCUT2D eigenvalue weighted by Crippen LogP contribution is -2.38. The second-order valence-corrected chi connectivity index (χ2v) is 13.2. The third-order valence-electron chi connectivity index (χ3n) is 7.96. The topological polar surface area (TPSA) is 90.0 Å². The number of thiophene rings is 1. The van der Waals surface area contributed by atoms with Gasteiger partial charge >= 0.3 is 0 Å². The molecule has 4 rings (SSSR count). The highest BCUT2D eigenvalue weighted by Gasteiger charge is 2.31. The Morgan fingerprint density at radius 2 is 1.71 bits per heavy atom. The van der Waals surface area contributed by atoms with Gasteiger partial charge in [0.1, 0.15) is 5.00 Å². The second kappa shape index (κ2) is 12.3. The highest BCUT2D eigenvalue weighted by Crippen LogP contribution is 2.38. The number of likely N-dealkylation sites (N-methyl/N-ethyl adjacent to an activating group) is 1. The summed E-state index contributed by atoms with van der Waals surface area (Å²) in [5, 5.41) is 3.56. The van der Waals surface area contributed by atoms with Crippen LogP contribution < -0.4 is 5.32 Å². The summed E-state index contributed by atoms with van der Waals surface area (Å²) in [4.78, 5) is 32.2. The Morgan fingerprint density at radius 3 is 2.32 bits per heavy atom. The minimum Gasteiger partial charge on any atom is -0.339 e. The number of nitrogens with zero attached hydrogens (tertiary/aromatic N) is 3. The number of carbonyl (C=O) groups is 2. The number of rotatable bonds is 9. The van der Waals surface area contributed by atoms with Gasteiger partial charge in [0.25, 0.3) is 11.8 Å². The first kappa shape index (κ1) is 28.7. The van der Waals surface area contributed by atoms with Crippen LogP contribution in [0.3, 0.4) is 0 Å². The number of fused-ring (bicyclic) bond motifs is 1. The highest BCUT2D eigenvalue weighted by atomic mass is 32.2. The summed E-state index contributed by atoms with van der Waals surface area (Å²) in [5.74, 6) is -0.408. The van der Waals surface area contributed by atoms with E-state index in [2.05, 4.69) is 17.1 Å². The van der Waals surface area contributed by atoms with Crippen molar-refractivity contribution in [2.45, 2.75) is 76.8 Å². The molecule has 0 bridgehead atoms. The van der Waals surface area contributed by atoms with E-state index in [1.165, 1.54) is 27.8 Å². The van der Waals surface area contributed by atoms with E-state index in [-0.39, 0.29) is 22.8 Å². The Balaban J connectivity index is 1.57. The van der Waals surface area contributed by atoms with Crippen molar-refractivity contribution in [1.82, 2.24) is 14.1 Å². The zero-order valence-corrected chi connectivity index (χ0v) is 24.6. The molecule has 38 heavy (non-hydrogen) atoms. The number of sulfonamides is 1. The molecule has 2 aliphatic rings. The van der Waals surface area contributed by atoms with Crippen molar-refractivity contribution in [1.29, 1.82) is 0 Å². The standard InChI is InChI=1S/C28H40N4O4S2/c1-5-31-18-17-23-24(19-31)37-27(25(23)28(34)32(6-2)7-3)29-26(33)20-13-15-22(16-14-20)38(35,36)30(4)21-11-9-8-10-12-21/h13-16,21H,5-12,17-19H2,1-4H3,(H,29,33). The summed E-state index contributed by atoms with van der Waals surface area (Å²) in [6.45, 7) is 9.82. The van der Waals surface area contributed by atoms with E-state index in [1.807, 2.05) is 13.8 Å². The number of anilines is 1. The van der Waals surface area contributed by atoms with E-state index in [1.54, 1.807) is 24.1 Å². The fourth-order valence-electron chi connectivity index (χ4n) is 5.47. The van der Waals surface area contributed by atoms with Crippen LogP contribution in [0.25, 0.3) is 0 Å². The molecule has 0 saturated heterocycles. The number of hydrogen-bond acceptors (Lipinski definition) is 6. The van der Waals surface area contributed by atoms with Gasteiger partial charge in [-0.05, 0) is 69.5 Å². The number of amides is 2. The third kappa shape index (κ3) is 5.83. The molecule has 1 aromatic carbocycles. The molecule has 0 atom stereocenters. The molecule has 2 heterocycles. The molecule has 1 saturated carbocycles. The second-order valence-electron chi connectivity index (χ2n) is 10.1. The van der Waals surface area contributed by atoms with Crippen LogP contribution in [0.1, 0.15) is 84.0 Å². The maximum Gasteiger partial charge on any atom is 0.257 e. The molecule has 1 aliphatic carbocycles. The first-order valence-electron chi connectivity index (χ1n) is 13.8. The molecule has 2 amide bonds. The SMILES string of the molecule is CCN1CCc2c(sc(NC(=O)c3ccc(S(=O)(=O)N(C)C4CCCCC4)cc3)c2C(=O)N(CC)CC)C1. The van der Waals surface area contributed by atoms with E-state index >= 15 is 0 Å². The summed E-state index contributed by atoms with van der Waals surface area (Å²) in [6, 6.07) is 6.13. The number of carbonyl (C=O) groups excluding carboxylic acids is 2. The summed E-state index contributed by atoms with van der Waals surface area (Å²) >= 11 is 1.47. The minimum absolute atomic E-state index is 0.0204. The molecular weight excluding hydrogens is 520 g/mol. The predicted molar refractivity (Wildman–Crippen MR) is 152 cm³/mol. The lowest BCUT2D eigenvalue weighted by Gasteiger charge is -2.30. The monoisotopic (exact) mass is 560 g/mol.